The highest BCUT2D eigenvalue weighted by atomic mass is 16.5. The van der Waals surface area contributed by atoms with Crippen molar-refractivity contribution in [3.63, 3.8) is 0 Å². The van der Waals surface area contributed by atoms with Crippen molar-refractivity contribution in [2.24, 2.45) is 0 Å². The number of likely N-dealkylation sites (tertiary alicyclic amines) is 1. The van der Waals surface area contributed by atoms with Gasteiger partial charge in [0.1, 0.15) is 5.75 Å². The number of piperidine rings is 1. The normalized spacial score (nSPS) is 16.3. The zero-order valence-electron chi connectivity index (χ0n) is 17.6. The van der Waals surface area contributed by atoms with Gasteiger partial charge in [0.05, 0.1) is 24.4 Å². The molecule has 2 aromatic heterocycles. The number of para-hydroxylation sites is 1. The summed E-state index contributed by atoms with van der Waals surface area (Å²) in [5, 5.41) is 8.70. The molecule has 154 valence electrons. The Morgan fingerprint density at radius 3 is 2.62 bits per heavy atom. The van der Waals surface area contributed by atoms with Crippen LogP contribution < -0.4 is 4.74 Å². The Balaban J connectivity index is 1.37. The lowest BCUT2D eigenvalue weighted by atomic mass is 9.96. The smallest absolute Gasteiger partial charge is 0.230 e. The maximum absolute atomic E-state index is 5.60. The van der Waals surface area contributed by atoms with E-state index in [0.29, 0.717) is 11.7 Å². The number of methoxy groups -OCH3 is 1. The molecule has 7 nitrogen and oxygen atoms in total. The van der Waals surface area contributed by atoms with Crippen LogP contribution in [0.15, 0.2) is 41.2 Å². The van der Waals surface area contributed by atoms with Crippen molar-refractivity contribution in [3.8, 4) is 17.1 Å². The summed E-state index contributed by atoms with van der Waals surface area (Å²) in [5.74, 6) is 2.38. The molecule has 0 atom stereocenters. The van der Waals surface area contributed by atoms with Crippen molar-refractivity contribution in [1.82, 2.24) is 24.8 Å². The van der Waals surface area contributed by atoms with Gasteiger partial charge in [-0.1, -0.05) is 17.3 Å². The van der Waals surface area contributed by atoms with Gasteiger partial charge in [0.2, 0.25) is 11.7 Å². The van der Waals surface area contributed by atoms with Gasteiger partial charge in [0, 0.05) is 24.2 Å². The summed E-state index contributed by atoms with van der Waals surface area (Å²) in [4.78, 5) is 7.13. The molecule has 0 saturated carbocycles. The summed E-state index contributed by atoms with van der Waals surface area (Å²) in [6.45, 7) is 9.45. The predicted molar refractivity (Wildman–Crippen MR) is 111 cm³/mol. The van der Waals surface area contributed by atoms with Crippen LogP contribution in [0.5, 0.6) is 5.75 Å². The van der Waals surface area contributed by atoms with E-state index in [-0.39, 0.29) is 5.54 Å². The molecular weight excluding hydrogens is 366 g/mol. The van der Waals surface area contributed by atoms with Crippen LogP contribution in [-0.2, 0) is 12.1 Å². The SMILES string of the molecule is COc1ccccc1-c1noc(C2CCN(Cc3cnn(C(C)(C)C)c3)CC2)n1. The molecule has 1 aromatic carbocycles. The molecule has 7 heteroatoms. The van der Waals surface area contributed by atoms with Crippen LogP contribution in [0.25, 0.3) is 11.4 Å². The van der Waals surface area contributed by atoms with E-state index in [2.05, 4.69) is 47.1 Å². The largest absolute Gasteiger partial charge is 0.496 e. The third kappa shape index (κ3) is 4.34. The molecule has 29 heavy (non-hydrogen) atoms. The Kier molecular flexibility index (Phi) is 5.41. The van der Waals surface area contributed by atoms with E-state index < -0.39 is 0 Å². The molecule has 1 saturated heterocycles. The standard InChI is InChI=1S/C22H29N5O2/c1-22(2,3)27-15-16(13-23-27)14-26-11-9-17(10-12-26)21-24-20(25-29-21)18-7-5-6-8-19(18)28-4/h5-8,13,15,17H,9-12,14H2,1-4H3. The second-order valence-corrected chi connectivity index (χ2v) is 8.67. The van der Waals surface area contributed by atoms with Gasteiger partial charge in [0.15, 0.2) is 0 Å². The first-order chi connectivity index (χ1) is 13.9. The molecule has 0 aliphatic carbocycles. The zero-order valence-corrected chi connectivity index (χ0v) is 17.6. The Morgan fingerprint density at radius 2 is 1.93 bits per heavy atom. The average Bonchev–Trinajstić information content (AvgIpc) is 3.38. The van der Waals surface area contributed by atoms with Crippen molar-refractivity contribution in [3.05, 3.63) is 48.1 Å². The van der Waals surface area contributed by atoms with E-state index in [0.717, 1.165) is 49.7 Å². The lowest BCUT2D eigenvalue weighted by Gasteiger charge is -2.29. The molecule has 1 aliphatic heterocycles. The average molecular weight is 396 g/mol. The lowest BCUT2D eigenvalue weighted by Crippen LogP contribution is -2.32. The molecule has 1 aliphatic rings. The number of ether oxygens (including phenoxy) is 1. The molecule has 0 spiro atoms. The summed E-state index contributed by atoms with van der Waals surface area (Å²) in [6, 6.07) is 7.75. The number of benzene rings is 1. The fraction of sp³-hybridized carbons (Fsp3) is 0.500. The van der Waals surface area contributed by atoms with Gasteiger partial charge in [-0.2, -0.15) is 10.1 Å². The van der Waals surface area contributed by atoms with E-state index in [9.17, 15) is 0 Å². The Hall–Kier alpha value is -2.67. The Bertz CT molecular complexity index is 948. The number of hydrogen-bond acceptors (Lipinski definition) is 6. The van der Waals surface area contributed by atoms with E-state index in [1.807, 2.05) is 35.1 Å². The molecule has 0 N–H and O–H groups in total. The molecule has 3 heterocycles. The molecule has 0 unspecified atom stereocenters. The fourth-order valence-electron chi connectivity index (χ4n) is 3.74. The van der Waals surface area contributed by atoms with E-state index >= 15 is 0 Å². The minimum absolute atomic E-state index is 0.0162. The van der Waals surface area contributed by atoms with Crippen molar-refractivity contribution >= 4 is 0 Å². The number of hydrogen-bond donors (Lipinski definition) is 0. The minimum Gasteiger partial charge on any atom is -0.496 e. The summed E-state index contributed by atoms with van der Waals surface area (Å²) in [5.41, 5.74) is 2.13. The first kappa shape index (κ1) is 19.6. The maximum Gasteiger partial charge on any atom is 0.230 e. The van der Waals surface area contributed by atoms with Crippen LogP contribution in [0.1, 0.15) is 51.0 Å². The van der Waals surface area contributed by atoms with Crippen LogP contribution in [0.4, 0.5) is 0 Å². The number of rotatable bonds is 5. The second kappa shape index (κ2) is 7.99. The maximum atomic E-state index is 5.60. The van der Waals surface area contributed by atoms with Gasteiger partial charge in [-0.3, -0.25) is 9.58 Å². The van der Waals surface area contributed by atoms with Gasteiger partial charge in [-0.05, 0) is 58.8 Å². The highest BCUT2D eigenvalue weighted by molar-refractivity contribution is 5.63. The highest BCUT2D eigenvalue weighted by Crippen LogP contribution is 2.32. The van der Waals surface area contributed by atoms with Gasteiger partial charge in [-0.25, -0.2) is 0 Å². The lowest BCUT2D eigenvalue weighted by molar-refractivity contribution is 0.187. The van der Waals surface area contributed by atoms with E-state index in [4.69, 9.17) is 9.26 Å². The molecule has 4 rings (SSSR count). The monoisotopic (exact) mass is 395 g/mol. The topological polar surface area (TPSA) is 69.2 Å². The van der Waals surface area contributed by atoms with Crippen molar-refractivity contribution in [1.29, 1.82) is 0 Å². The van der Waals surface area contributed by atoms with Crippen LogP contribution >= 0.6 is 0 Å². The van der Waals surface area contributed by atoms with Crippen LogP contribution in [0.3, 0.4) is 0 Å². The summed E-state index contributed by atoms with van der Waals surface area (Å²) < 4.78 is 13.1. The van der Waals surface area contributed by atoms with Crippen LogP contribution in [0.2, 0.25) is 0 Å². The number of nitrogens with zero attached hydrogens (tertiary/aromatic N) is 5. The molecule has 3 aromatic rings. The first-order valence-corrected chi connectivity index (χ1v) is 10.2. The third-order valence-corrected chi connectivity index (χ3v) is 5.46. The predicted octanol–water partition coefficient (Wildman–Crippen LogP) is 4.08. The summed E-state index contributed by atoms with van der Waals surface area (Å²) in [6.07, 6.45) is 6.17. The fourth-order valence-corrected chi connectivity index (χ4v) is 3.74. The molecule has 0 amide bonds. The second-order valence-electron chi connectivity index (χ2n) is 8.67. The third-order valence-electron chi connectivity index (χ3n) is 5.46. The molecule has 0 radical (unpaired) electrons. The van der Waals surface area contributed by atoms with Gasteiger partial charge >= 0.3 is 0 Å². The van der Waals surface area contributed by atoms with E-state index in [1.165, 1.54) is 5.56 Å². The van der Waals surface area contributed by atoms with Crippen LogP contribution in [0, 0.1) is 0 Å². The van der Waals surface area contributed by atoms with Crippen LogP contribution in [-0.4, -0.2) is 45.0 Å². The Morgan fingerprint density at radius 1 is 1.17 bits per heavy atom. The molecular formula is C22H29N5O2. The summed E-state index contributed by atoms with van der Waals surface area (Å²) >= 11 is 0. The van der Waals surface area contributed by atoms with Gasteiger partial charge in [-0.15, -0.1) is 0 Å². The Labute approximate surface area is 171 Å². The zero-order chi connectivity index (χ0) is 20.4. The van der Waals surface area contributed by atoms with Gasteiger partial charge < -0.3 is 9.26 Å². The van der Waals surface area contributed by atoms with E-state index in [1.54, 1.807) is 7.11 Å². The van der Waals surface area contributed by atoms with Crippen molar-refractivity contribution in [2.45, 2.75) is 51.6 Å². The molecule has 0 bridgehead atoms. The van der Waals surface area contributed by atoms with Crippen molar-refractivity contribution in [2.75, 3.05) is 20.2 Å². The van der Waals surface area contributed by atoms with Crippen molar-refractivity contribution < 1.29 is 9.26 Å². The minimum atomic E-state index is 0.0162. The van der Waals surface area contributed by atoms with Gasteiger partial charge in [0.25, 0.3) is 0 Å². The quantitative estimate of drug-likeness (QED) is 0.648. The number of aromatic nitrogens is 4. The summed E-state index contributed by atoms with van der Waals surface area (Å²) in [7, 11) is 1.65. The highest BCUT2D eigenvalue weighted by Gasteiger charge is 2.26. The first-order valence-electron chi connectivity index (χ1n) is 10.2. The molecule has 1 fully saturated rings.